The predicted molar refractivity (Wildman–Crippen MR) is 108 cm³/mol. The van der Waals surface area contributed by atoms with Crippen molar-refractivity contribution in [2.75, 3.05) is 23.3 Å². The molecule has 1 aromatic heterocycles. The minimum atomic E-state index is -0.396. The third kappa shape index (κ3) is 4.40. The second-order valence-electron chi connectivity index (χ2n) is 6.00. The van der Waals surface area contributed by atoms with Crippen molar-refractivity contribution in [1.82, 2.24) is 10.3 Å². The van der Waals surface area contributed by atoms with Gasteiger partial charge in [-0.3, -0.25) is 9.59 Å². The molecule has 0 bridgehead atoms. The van der Waals surface area contributed by atoms with Crippen molar-refractivity contribution in [3.05, 3.63) is 64.8 Å². The summed E-state index contributed by atoms with van der Waals surface area (Å²) in [7, 11) is 0. The maximum absolute atomic E-state index is 12.7. The van der Waals surface area contributed by atoms with Crippen molar-refractivity contribution in [2.45, 2.75) is 12.5 Å². The van der Waals surface area contributed by atoms with Gasteiger partial charge in [0.1, 0.15) is 11.9 Å². The Morgan fingerprint density at radius 3 is 2.78 bits per heavy atom. The number of nitrogens with zero attached hydrogens (tertiary/aromatic N) is 2. The lowest BCUT2D eigenvalue weighted by Crippen LogP contribution is -2.33. The van der Waals surface area contributed by atoms with Gasteiger partial charge in [-0.1, -0.05) is 29.3 Å². The summed E-state index contributed by atoms with van der Waals surface area (Å²) < 4.78 is 0. The molecule has 2 N–H and O–H groups in total. The van der Waals surface area contributed by atoms with E-state index in [9.17, 15) is 9.59 Å². The molecule has 1 unspecified atom stereocenters. The first-order valence-electron chi connectivity index (χ1n) is 8.37. The van der Waals surface area contributed by atoms with Gasteiger partial charge in [-0.25, -0.2) is 4.98 Å². The van der Waals surface area contributed by atoms with E-state index in [0.717, 1.165) is 0 Å². The number of anilines is 2. The Balaban J connectivity index is 1.64. The largest absolute Gasteiger partial charge is 0.358 e. The van der Waals surface area contributed by atoms with E-state index in [2.05, 4.69) is 22.2 Å². The van der Waals surface area contributed by atoms with Crippen molar-refractivity contribution < 1.29 is 9.59 Å². The number of pyridine rings is 1. The van der Waals surface area contributed by atoms with Gasteiger partial charge in [-0.15, -0.1) is 6.58 Å². The van der Waals surface area contributed by atoms with Gasteiger partial charge >= 0.3 is 0 Å². The quantitative estimate of drug-likeness (QED) is 0.722. The highest BCUT2D eigenvalue weighted by Crippen LogP contribution is 2.30. The molecule has 0 radical (unpaired) electrons. The SMILES string of the molecule is C=CCNC(=O)c1ccc(NC2CCN(c3ccc(Cl)c(Cl)c3)C2=O)nc1. The number of rotatable bonds is 6. The fourth-order valence-corrected chi connectivity index (χ4v) is 3.07. The van der Waals surface area contributed by atoms with Crippen LogP contribution < -0.4 is 15.5 Å². The van der Waals surface area contributed by atoms with Gasteiger partial charge in [0.25, 0.3) is 5.91 Å². The number of hydrogen-bond donors (Lipinski definition) is 2. The average Bonchev–Trinajstić information content (AvgIpc) is 3.03. The molecule has 3 rings (SSSR count). The first kappa shape index (κ1) is 19.2. The van der Waals surface area contributed by atoms with E-state index in [1.165, 1.54) is 6.20 Å². The number of carbonyl (C=O) groups excluding carboxylic acids is 2. The number of hydrogen-bond acceptors (Lipinski definition) is 4. The summed E-state index contributed by atoms with van der Waals surface area (Å²) in [5, 5.41) is 6.65. The molecular formula is C19H18Cl2N4O2. The molecule has 2 heterocycles. The maximum Gasteiger partial charge on any atom is 0.253 e. The molecule has 8 heteroatoms. The fraction of sp³-hybridized carbons (Fsp3) is 0.211. The number of nitrogens with one attached hydrogen (secondary N) is 2. The minimum absolute atomic E-state index is 0.0667. The van der Waals surface area contributed by atoms with Crippen molar-refractivity contribution in [2.24, 2.45) is 0 Å². The number of halogens is 2. The molecule has 27 heavy (non-hydrogen) atoms. The predicted octanol–water partition coefficient (Wildman–Crippen LogP) is 3.52. The maximum atomic E-state index is 12.7. The first-order chi connectivity index (χ1) is 13.0. The van der Waals surface area contributed by atoms with Crippen LogP contribution in [0.4, 0.5) is 11.5 Å². The molecule has 1 fully saturated rings. The molecule has 140 valence electrons. The molecule has 2 aromatic rings. The Kier molecular flexibility index (Phi) is 5.98. The summed E-state index contributed by atoms with van der Waals surface area (Å²) in [6.07, 6.45) is 3.70. The third-order valence-corrected chi connectivity index (χ3v) is 4.91. The third-order valence-electron chi connectivity index (χ3n) is 4.18. The van der Waals surface area contributed by atoms with E-state index in [-0.39, 0.29) is 11.8 Å². The lowest BCUT2D eigenvalue weighted by Gasteiger charge is -2.18. The minimum Gasteiger partial charge on any atom is -0.358 e. The molecule has 1 aromatic carbocycles. The highest BCUT2D eigenvalue weighted by atomic mass is 35.5. The Morgan fingerprint density at radius 1 is 1.30 bits per heavy atom. The molecule has 0 spiro atoms. The first-order valence-corrected chi connectivity index (χ1v) is 9.13. The Labute approximate surface area is 167 Å². The number of aromatic nitrogens is 1. The monoisotopic (exact) mass is 404 g/mol. The zero-order valence-corrected chi connectivity index (χ0v) is 15.9. The second-order valence-corrected chi connectivity index (χ2v) is 6.82. The van der Waals surface area contributed by atoms with E-state index < -0.39 is 6.04 Å². The Bertz CT molecular complexity index is 871. The van der Waals surface area contributed by atoms with E-state index >= 15 is 0 Å². The van der Waals surface area contributed by atoms with Crippen LogP contribution in [0.25, 0.3) is 0 Å². The summed E-state index contributed by atoms with van der Waals surface area (Å²) in [5.74, 6) is 0.240. The van der Waals surface area contributed by atoms with Crippen molar-refractivity contribution in [3.63, 3.8) is 0 Å². The van der Waals surface area contributed by atoms with Crippen molar-refractivity contribution in [3.8, 4) is 0 Å². The summed E-state index contributed by atoms with van der Waals surface area (Å²) >= 11 is 12.0. The van der Waals surface area contributed by atoms with Crippen LogP contribution in [0.15, 0.2) is 49.2 Å². The van der Waals surface area contributed by atoms with Crippen LogP contribution in [0, 0.1) is 0 Å². The molecule has 1 aliphatic rings. The second kappa shape index (κ2) is 8.41. The van der Waals surface area contributed by atoms with E-state index in [0.29, 0.717) is 46.6 Å². The molecule has 1 aliphatic heterocycles. The Morgan fingerprint density at radius 2 is 2.11 bits per heavy atom. The van der Waals surface area contributed by atoms with Crippen LogP contribution in [-0.2, 0) is 4.79 Å². The van der Waals surface area contributed by atoms with Gasteiger partial charge in [0.05, 0.1) is 15.6 Å². The molecular weight excluding hydrogens is 387 g/mol. The molecule has 6 nitrogen and oxygen atoms in total. The number of carbonyl (C=O) groups is 2. The van der Waals surface area contributed by atoms with E-state index in [4.69, 9.17) is 23.2 Å². The standard InChI is InChI=1S/C19H18Cl2N4O2/c1-2-8-22-18(26)12-3-6-17(23-11-12)24-16-7-9-25(19(16)27)13-4-5-14(20)15(21)10-13/h2-6,10-11,16H,1,7-9H2,(H,22,26)(H,23,24). The van der Waals surface area contributed by atoms with Gasteiger partial charge in [-0.05, 0) is 36.8 Å². The molecule has 0 aliphatic carbocycles. The number of amides is 2. The van der Waals surface area contributed by atoms with Crippen LogP contribution in [0.1, 0.15) is 16.8 Å². The average molecular weight is 405 g/mol. The lowest BCUT2D eigenvalue weighted by molar-refractivity contribution is -0.117. The van der Waals surface area contributed by atoms with Crippen LogP contribution in [-0.4, -0.2) is 35.9 Å². The van der Waals surface area contributed by atoms with Gasteiger partial charge in [0.15, 0.2) is 0 Å². The molecule has 2 amide bonds. The van der Waals surface area contributed by atoms with Crippen LogP contribution in [0.5, 0.6) is 0 Å². The topological polar surface area (TPSA) is 74.3 Å². The van der Waals surface area contributed by atoms with Crippen LogP contribution in [0.3, 0.4) is 0 Å². The zero-order valence-electron chi connectivity index (χ0n) is 14.4. The summed E-state index contributed by atoms with van der Waals surface area (Å²) in [5.41, 5.74) is 1.15. The Hall–Kier alpha value is -2.57. The van der Waals surface area contributed by atoms with Crippen molar-refractivity contribution >= 4 is 46.5 Å². The summed E-state index contributed by atoms with van der Waals surface area (Å²) in [6, 6.07) is 8.06. The highest BCUT2D eigenvalue weighted by molar-refractivity contribution is 6.42. The van der Waals surface area contributed by atoms with E-state index in [1.807, 2.05) is 0 Å². The van der Waals surface area contributed by atoms with E-state index in [1.54, 1.807) is 41.3 Å². The normalized spacial score (nSPS) is 16.3. The van der Waals surface area contributed by atoms with Gasteiger partial charge < -0.3 is 15.5 Å². The molecule has 0 saturated carbocycles. The van der Waals surface area contributed by atoms with Crippen LogP contribution >= 0.6 is 23.2 Å². The lowest BCUT2D eigenvalue weighted by atomic mass is 10.2. The van der Waals surface area contributed by atoms with Crippen LogP contribution in [0.2, 0.25) is 10.0 Å². The number of benzene rings is 1. The van der Waals surface area contributed by atoms with Gasteiger partial charge in [0.2, 0.25) is 5.91 Å². The molecule has 1 atom stereocenters. The van der Waals surface area contributed by atoms with Crippen molar-refractivity contribution in [1.29, 1.82) is 0 Å². The van der Waals surface area contributed by atoms with Gasteiger partial charge in [0, 0.05) is 25.0 Å². The smallest absolute Gasteiger partial charge is 0.253 e. The zero-order chi connectivity index (χ0) is 19.4. The highest BCUT2D eigenvalue weighted by Gasteiger charge is 2.33. The summed E-state index contributed by atoms with van der Waals surface area (Å²) in [4.78, 5) is 30.4. The fourth-order valence-electron chi connectivity index (χ4n) is 2.78. The molecule has 1 saturated heterocycles. The van der Waals surface area contributed by atoms with Gasteiger partial charge in [-0.2, -0.15) is 0 Å². The summed E-state index contributed by atoms with van der Waals surface area (Å²) in [6.45, 7) is 4.51.